The van der Waals surface area contributed by atoms with Crippen LogP contribution in [0.5, 0.6) is 0 Å². The molecule has 0 radical (unpaired) electrons. The Morgan fingerprint density at radius 1 is 1.62 bits per heavy atom. The predicted molar refractivity (Wildman–Crippen MR) is 66.3 cm³/mol. The Morgan fingerprint density at radius 3 is 2.88 bits per heavy atom. The molecule has 84 valence electrons. The molecule has 16 heavy (non-hydrogen) atoms. The van der Waals surface area contributed by atoms with Gasteiger partial charge in [0.1, 0.15) is 0 Å². The van der Waals surface area contributed by atoms with E-state index in [1.807, 2.05) is 6.07 Å². The summed E-state index contributed by atoms with van der Waals surface area (Å²) in [6.07, 6.45) is 0.285. The predicted octanol–water partition coefficient (Wildman–Crippen LogP) is 3.13. The average molecular weight is 302 g/mol. The van der Waals surface area contributed by atoms with Crippen LogP contribution >= 0.6 is 27.5 Å². The average Bonchev–Trinajstić information content (AvgIpc) is 2.16. The number of benzene rings is 1. The van der Waals surface area contributed by atoms with E-state index in [2.05, 4.69) is 21.2 Å². The van der Waals surface area contributed by atoms with E-state index < -0.39 is 0 Å². The van der Waals surface area contributed by atoms with Gasteiger partial charge in [-0.1, -0.05) is 27.5 Å². The highest BCUT2D eigenvalue weighted by molar-refractivity contribution is 9.10. The first kappa shape index (κ1) is 13.0. The molecule has 1 aromatic rings. The summed E-state index contributed by atoms with van der Waals surface area (Å²) in [5.74, 6) is -0.231. The Bertz CT molecular complexity index is 422. The Balaban J connectivity index is 2.77. The Hall–Kier alpha value is -1.05. The van der Waals surface area contributed by atoms with Crippen LogP contribution in [0.2, 0.25) is 5.02 Å². The molecule has 0 bridgehead atoms. The van der Waals surface area contributed by atoms with Gasteiger partial charge in [0.05, 0.1) is 12.5 Å². The van der Waals surface area contributed by atoms with Crippen LogP contribution in [0.1, 0.15) is 23.7 Å². The van der Waals surface area contributed by atoms with Crippen molar-refractivity contribution in [2.24, 2.45) is 0 Å². The van der Waals surface area contributed by atoms with Crippen LogP contribution in [0.3, 0.4) is 0 Å². The number of nitrogens with zero attached hydrogens (tertiary/aromatic N) is 1. The highest BCUT2D eigenvalue weighted by Gasteiger charge is 2.10. The van der Waals surface area contributed by atoms with Crippen molar-refractivity contribution in [2.75, 3.05) is 0 Å². The topological polar surface area (TPSA) is 52.9 Å². The maximum Gasteiger partial charge on any atom is 0.251 e. The number of hydrogen-bond donors (Lipinski definition) is 1. The SMILES string of the molecule is CC(CC#N)NC(=O)c1cc(Cl)cc(Br)c1. The van der Waals surface area contributed by atoms with Crippen LogP contribution in [0, 0.1) is 11.3 Å². The third kappa shape index (κ3) is 3.84. The number of nitrogens with one attached hydrogen (secondary N) is 1. The molecule has 1 atom stereocenters. The summed E-state index contributed by atoms with van der Waals surface area (Å²) in [7, 11) is 0. The van der Waals surface area contributed by atoms with Crippen LogP contribution < -0.4 is 5.32 Å². The van der Waals surface area contributed by atoms with Gasteiger partial charge in [0.15, 0.2) is 0 Å². The molecule has 1 amide bonds. The van der Waals surface area contributed by atoms with E-state index in [0.717, 1.165) is 4.47 Å². The maximum absolute atomic E-state index is 11.7. The lowest BCUT2D eigenvalue weighted by Gasteiger charge is -2.10. The summed E-state index contributed by atoms with van der Waals surface area (Å²) in [6.45, 7) is 1.78. The lowest BCUT2D eigenvalue weighted by atomic mass is 10.2. The molecule has 0 aliphatic carbocycles. The molecule has 5 heteroatoms. The Kier molecular flexibility index (Phi) is 4.78. The minimum absolute atomic E-state index is 0.171. The summed E-state index contributed by atoms with van der Waals surface area (Å²) in [6, 6.07) is 6.80. The van der Waals surface area contributed by atoms with E-state index >= 15 is 0 Å². The summed E-state index contributed by atoms with van der Waals surface area (Å²) < 4.78 is 0.748. The molecule has 0 saturated heterocycles. The first-order valence-electron chi connectivity index (χ1n) is 4.67. The third-order valence-corrected chi connectivity index (χ3v) is 2.58. The van der Waals surface area contributed by atoms with Crippen molar-refractivity contribution in [3.05, 3.63) is 33.3 Å². The molecular weight excluding hydrogens is 291 g/mol. The standard InChI is InChI=1S/C11H10BrClN2O/c1-7(2-3-14)15-11(16)8-4-9(12)6-10(13)5-8/h4-7H,2H2,1H3,(H,15,16). The maximum atomic E-state index is 11.7. The lowest BCUT2D eigenvalue weighted by Crippen LogP contribution is -2.32. The van der Waals surface area contributed by atoms with Gasteiger partial charge in [0.2, 0.25) is 0 Å². The van der Waals surface area contributed by atoms with Crippen LogP contribution in [-0.2, 0) is 0 Å². The molecule has 0 heterocycles. The van der Waals surface area contributed by atoms with Gasteiger partial charge >= 0.3 is 0 Å². The van der Waals surface area contributed by atoms with Crippen molar-refractivity contribution < 1.29 is 4.79 Å². The Morgan fingerprint density at radius 2 is 2.31 bits per heavy atom. The van der Waals surface area contributed by atoms with E-state index in [1.165, 1.54) is 0 Å². The van der Waals surface area contributed by atoms with Gasteiger partial charge in [-0.3, -0.25) is 4.79 Å². The largest absolute Gasteiger partial charge is 0.349 e. The zero-order valence-electron chi connectivity index (χ0n) is 8.63. The van der Waals surface area contributed by atoms with Gasteiger partial charge in [-0.05, 0) is 25.1 Å². The quantitative estimate of drug-likeness (QED) is 0.932. The molecule has 0 spiro atoms. The summed E-state index contributed by atoms with van der Waals surface area (Å²) in [5, 5.41) is 11.7. The molecule has 0 aliphatic heterocycles. The first-order chi connectivity index (χ1) is 7.52. The van der Waals surface area contributed by atoms with Gasteiger partial charge in [-0.15, -0.1) is 0 Å². The van der Waals surface area contributed by atoms with Gasteiger partial charge in [0.25, 0.3) is 5.91 Å². The van der Waals surface area contributed by atoms with Crippen molar-refractivity contribution in [1.29, 1.82) is 5.26 Å². The highest BCUT2D eigenvalue weighted by Crippen LogP contribution is 2.19. The van der Waals surface area contributed by atoms with Gasteiger partial charge in [0, 0.05) is 21.1 Å². The summed E-state index contributed by atoms with van der Waals surface area (Å²) >= 11 is 9.09. The van der Waals surface area contributed by atoms with Crippen molar-refractivity contribution in [3.63, 3.8) is 0 Å². The Labute approximate surface area is 108 Å². The van der Waals surface area contributed by atoms with Crippen molar-refractivity contribution in [2.45, 2.75) is 19.4 Å². The second kappa shape index (κ2) is 5.88. The fourth-order valence-electron chi connectivity index (χ4n) is 1.18. The number of carbonyl (C=O) groups is 1. The third-order valence-electron chi connectivity index (χ3n) is 1.90. The molecule has 1 rings (SSSR count). The monoisotopic (exact) mass is 300 g/mol. The number of carbonyl (C=O) groups excluding carboxylic acids is 1. The number of amides is 1. The van der Waals surface area contributed by atoms with E-state index in [-0.39, 0.29) is 18.4 Å². The summed E-state index contributed by atoms with van der Waals surface area (Å²) in [4.78, 5) is 11.7. The molecule has 0 saturated carbocycles. The van der Waals surface area contributed by atoms with Crippen LogP contribution in [0.4, 0.5) is 0 Å². The van der Waals surface area contributed by atoms with Gasteiger partial charge in [-0.25, -0.2) is 0 Å². The number of hydrogen-bond acceptors (Lipinski definition) is 2. The first-order valence-corrected chi connectivity index (χ1v) is 5.84. The number of halogens is 2. The van der Waals surface area contributed by atoms with E-state index in [4.69, 9.17) is 16.9 Å². The molecule has 1 unspecified atom stereocenters. The normalized spacial score (nSPS) is 11.6. The fourth-order valence-corrected chi connectivity index (χ4v) is 2.04. The van der Waals surface area contributed by atoms with Crippen molar-refractivity contribution in [3.8, 4) is 6.07 Å². The van der Waals surface area contributed by atoms with E-state index in [1.54, 1.807) is 25.1 Å². The minimum atomic E-state index is -0.231. The van der Waals surface area contributed by atoms with Crippen molar-refractivity contribution >= 4 is 33.4 Å². The molecule has 1 N–H and O–H groups in total. The smallest absolute Gasteiger partial charge is 0.251 e. The van der Waals surface area contributed by atoms with Crippen LogP contribution in [-0.4, -0.2) is 11.9 Å². The number of nitriles is 1. The highest BCUT2D eigenvalue weighted by atomic mass is 79.9. The van der Waals surface area contributed by atoms with Gasteiger partial charge in [-0.2, -0.15) is 5.26 Å². The number of rotatable bonds is 3. The molecule has 3 nitrogen and oxygen atoms in total. The molecule has 0 aliphatic rings. The van der Waals surface area contributed by atoms with Crippen molar-refractivity contribution in [1.82, 2.24) is 5.32 Å². The van der Waals surface area contributed by atoms with E-state index in [0.29, 0.717) is 10.6 Å². The minimum Gasteiger partial charge on any atom is -0.349 e. The van der Waals surface area contributed by atoms with Crippen LogP contribution in [0.25, 0.3) is 0 Å². The zero-order valence-corrected chi connectivity index (χ0v) is 11.0. The van der Waals surface area contributed by atoms with Crippen LogP contribution in [0.15, 0.2) is 22.7 Å². The van der Waals surface area contributed by atoms with Gasteiger partial charge < -0.3 is 5.32 Å². The summed E-state index contributed by atoms with van der Waals surface area (Å²) in [5.41, 5.74) is 0.476. The second-order valence-corrected chi connectivity index (χ2v) is 4.75. The fraction of sp³-hybridized carbons (Fsp3) is 0.273. The molecular formula is C11H10BrClN2O. The van der Waals surface area contributed by atoms with E-state index in [9.17, 15) is 4.79 Å². The lowest BCUT2D eigenvalue weighted by molar-refractivity contribution is 0.0941. The molecule has 1 aromatic carbocycles. The zero-order chi connectivity index (χ0) is 12.1. The molecule has 0 aromatic heterocycles. The molecule has 0 fully saturated rings. The second-order valence-electron chi connectivity index (χ2n) is 3.39.